The summed E-state index contributed by atoms with van der Waals surface area (Å²) in [5.41, 5.74) is 0. The summed E-state index contributed by atoms with van der Waals surface area (Å²) in [6, 6.07) is 5.06. The van der Waals surface area contributed by atoms with Gasteiger partial charge in [-0.15, -0.1) is 24.2 Å². The van der Waals surface area contributed by atoms with Gasteiger partial charge in [0.05, 0.1) is 5.02 Å². The van der Waals surface area contributed by atoms with Crippen molar-refractivity contribution in [2.75, 3.05) is 18.8 Å². The van der Waals surface area contributed by atoms with Gasteiger partial charge in [0.2, 0.25) is 0 Å². The maximum Gasteiger partial charge on any atom is 0.320 e. The zero-order valence-corrected chi connectivity index (χ0v) is 14.6. The Bertz CT molecular complexity index is 487. The van der Waals surface area contributed by atoms with E-state index in [0.29, 0.717) is 10.0 Å². The van der Waals surface area contributed by atoms with Crippen LogP contribution in [0, 0.1) is 0 Å². The lowest BCUT2D eigenvalue weighted by atomic mass is 10.0. The number of nitrogens with zero attached hydrogens (tertiary/aromatic N) is 1. The number of aliphatic carboxylic acids is 1. The van der Waals surface area contributed by atoms with Crippen LogP contribution in [0.3, 0.4) is 0 Å². The van der Waals surface area contributed by atoms with Gasteiger partial charge < -0.3 is 5.11 Å². The molecule has 7 heteroatoms. The molecule has 1 N–H and O–H groups in total. The number of hydrogen-bond donors (Lipinski definition) is 1. The first-order valence-corrected chi connectivity index (χ1v) is 8.37. The lowest BCUT2D eigenvalue weighted by Crippen LogP contribution is -2.45. The summed E-state index contributed by atoms with van der Waals surface area (Å²) in [4.78, 5) is 14.2. The number of carbonyl (C=O) groups is 1. The number of hydrogen-bond acceptors (Lipinski definition) is 3. The molecule has 0 aromatic heterocycles. The molecule has 0 saturated carbocycles. The van der Waals surface area contributed by atoms with E-state index in [9.17, 15) is 9.90 Å². The quantitative estimate of drug-likeness (QED) is 0.778. The summed E-state index contributed by atoms with van der Waals surface area (Å²) in [5.74, 6) is 0.0969. The molecule has 0 radical (unpaired) electrons. The second kappa shape index (κ2) is 9.11. The van der Waals surface area contributed by atoms with Crippen LogP contribution >= 0.6 is 47.4 Å². The van der Waals surface area contributed by atoms with Crippen LogP contribution in [0.4, 0.5) is 0 Å². The number of thioether (sulfide) groups is 1. The van der Waals surface area contributed by atoms with Gasteiger partial charge in [0, 0.05) is 22.2 Å². The fraction of sp³-hybridized carbons (Fsp3) is 0.500. The van der Waals surface area contributed by atoms with Crippen molar-refractivity contribution in [3.63, 3.8) is 0 Å². The van der Waals surface area contributed by atoms with Crippen LogP contribution in [-0.4, -0.2) is 40.9 Å². The molecule has 1 fully saturated rings. The van der Waals surface area contributed by atoms with Crippen molar-refractivity contribution in [1.29, 1.82) is 0 Å². The normalized spacial score (nSPS) is 19.0. The molecule has 0 aliphatic carbocycles. The molecule has 0 amide bonds. The van der Waals surface area contributed by atoms with Crippen molar-refractivity contribution in [2.45, 2.75) is 30.2 Å². The van der Waals surface area contributed by atoms with E-state index in [2.05, 4.69) is 4.90 Å². The zero-order valence-electron chi connectivity index (χ0n) is 11.4. The van der Waals surface area contributed by atoms with Gasteiger partial charge in [0.1, 0.15) is 6.04 Å². The van der Waals surface area contributed by atoms with Gasteiger partial charge in [-0.05, 0) is 37.6 Å². The topological polar surface area (TPSA) is 40.5 Å². The van der Waals surface area contributed by atoms with Crippen LogP contribution in [0.2, 0.25) is 10.0 Å². The number of halogens is 3. The third-order valence-electron chi connectivity index (χ3n) is 3.43. The molecule has 1 saturated heterocycles. The van der Waals surface area contributed by atoms with Gasteiger partial charge >= 0.3 is 5.97 Å². The molecular formula is C14H18Cl3NO2S. The highest BCUT2D eigenvalue weighted by atomic mass is 35.5. The fourth-order valence-electron chi connectivity index (χ4n) is 2.40. The van der Waals surface area contributed by atoms with E-state index in [1.165, 1.54) is 0 Å². The summed E-state index contributed by atoms with van der Waals surface area (Å²) in [7, 11) is 0. The molecule has 2 rings (SSSR count). The highest BCUT2D eigenvalue weighted by Gasteiger charge is 2.27. The van der Waals surface area contributed by atoms with Crippen molar-refractivity contribution < 1.29 is 9.90 Å². The van der Waals surface area contributed by atoms with Gasteiger partial charge in [0.15, 0.2) is 0 Å². The minimum atomic E-state index is -0.713. The fourth-order valence-corrected chi connectivity index (χ4v) is 3.88. The van der Waals surface area contributed by atoms with Gasteiger partial charge in [0.25, 0.3) is 0 Å². The zero-order chi connectivity index (χ0) is 14.5. The summed E-state index contributed by atoms with van der Waals surface area (Å²) < 4.78 is 0. The lowest BCUT2D eigenvalue weighted by molar-refractivity contribution is -0.144. The van der Waals surface area contributed by atoms with Crippen LogP contribution < -0.4 is 0 Å². The Balaban J connectivity index is 0.00000220. The van der Waals surface area contributed by atoms with E-state index in [1.54, 1.807) is 23.9 Å². The first kappa shape index (κ1) is 18.9. The SMILES string of the molecule is Cl.O=C(O)C1CCCCN1CCSc1cc(Cl)ccc1Cl. The molecule has 1 aliphatic heterocycles. The molecule has 1 aromatic rings. The first-order valence-electron chi connectivity index (χ1n) is 6.62. The second-order valence-corrected chi connectivity index (χ2v) is 6.79. The molecule has 1 aromatic carbocycles. The van der Waals surface area contributed by atoms with Crippen LogP contribution in [-0.2, 0) is 4.79 Å². The molecule has 21 heavy (non-hydrogen) atoms. The van der Waals surface area contributed by atoms with Crippen molar-refractivity contribution >= 4 is 53.3 Å². The molecule has 1 atom stereocenters. The Hall–Kier alpha value is -0.130. The first-order chi connectivity index (χ1) is 9.58. The monoisotopic (exact) mass is 369 g/mol. The summed E-state index contributed by atoms with van der Waals surface area (Å²) >= 11 is 13.7. The highest BCUT2D eigenvalue weighted by molar-refractivity contribution is 7.99. The molecule has 0 bridgehead atoms. The Kier molecular flexibility index (Phi) is 8.21. The predicted octanol–water partition coefficient (Wildman–Crippen LogP) is 4.45. The Morgan fingerprint density at radius 2 is 2.14 bits per heavy atom. The van der Waals surface area contributed by atoms with Crippen LogP contribution in [0.15, 0.2) is 23.1 Å². The largest absolute Gasteiger partial charge is 0.480 e. The van der Waals surface area contributed by atoms with E-state index in [0.717, 1.165) is 43.0 Å². The van der Waals surface area contributed by atoms with Crippen LogP contribution in [0.5, 0.6) is 0 Å². The average Bonchev–Trinajstić information content (AvgIpc) is 2.43. The smallest absolute Gasteiger partial charge is 0.320 e. The number of rotatable bonds is 5. The minimum absolute atomic E-state index is 0. The van der Waals surface area contributed by atoms with Crippen LogP contribution in [0.1, 0.15) is 19.3 Å². The van der Waals surface area contributed by atoms with Crippen molar-refractivity contribution in [2.24, 2.45) is 0 Å². The van der Waals surface area contributed by atoms with Crippen molar-refractivity contribution in [3.05, 3.63) is 28.2 Å². The lowest BCUT2D eigenvalue weighted by Gasteiger charge is -2.32. The number of piperidine rings is 1. The molecule has 3 nitrogen and oxygen atoms in total. The average molecular weight is 371 g/mol. The van der Waals surface area contributed by atoms with E-state index in [4.69, 9.17) is 23.2 Å². The molecule has 0 spiro atoms. The summed E-state index contributed by atoms with van der Waals surface area (Å²) in [6.07, 6.45) is 2.82. The molecule has 1 unspecified atom stereocenters. The van der Waals surface area contributed by atoms with Gasteiger partial charge in [-0.2, -0.15) is 0 Å². The number of benzene rings is 1. The summed E-state index contributed by atoms with van der Waals surface area (Å²) in [5, 5.41) is 10.6. The second-order valence-electron chi connectivity index (χ2n) is 4.81. The minimum Gasteiger partial charge on any atom is -0.480 e. The van der Waals surface area contributed by atoms with E-state index >= 15 is 0 Å². The van der Waals surface area contributed by atoms with Crippen molar-refractivity contribution in [3.8, 4) is 0 Å². The maximum absolute atomic E-state index is 11.2. The molecule has 118 valence electrons. The number of carboxylic acids is 1. The van der Waals surface area contributed by atoms with E-state index in [1.807, 2.05) is 6.07 Å². The third-order valence-corrected chi connectivity index (χ3v) is 5.14. The van der Waals surface area contributed by atoms with Crippen molar-refractivity contribution in [1.82, 2.24) is 4.90 Å². The Morgan fingerprint density at radius 1 is 1.38 bits per heavy atom. The Labute approximate surface area is 145 Å². The van der Waals surface area contributed by atoms with E-state index < -0.39 is 5.97 Å². The van der Waals surface area contributed by atoms with Gasteiger partial charge in [-0.25, -0.2) is 0 Å². The third kappa shape index (κ3) is 5.53. The van der Waals surface area contributed by atoms with Crippen LogP contribution in [0.25, 0.3) is 0 Å². The van der Waals surface area contributed by atoms with E-state index in [-0.39, 0.29) is 18.4 Å². The highest BCUT2D eigenvalue weighted by Crippen LogP contribution is 2.30. The van der Waals surface area contributed by atoms with Gasteiger partial charge in [-0.1, -0.05) is 29.6 Å². The number of likely N-dealkylation sites (tertiary alicyclic amines) is 1. The standard InChI is InChI=1S/C14H17Cl2NO2S.ClH/c15-10-4-5-11(16)13(9-10)20-8-7-17-6-2-1-3-12(17)14(18)19;/h4-5,9,12H,1-3,6-8H2,(H,18,19);1H. The molecule has 1 heterocycles. The molecule has 1 aliphatic rings. The maximum atomic E-state index is 11.2. The predicted molar refractivity (Wildman–Crippen MR) is 91.3 cm³/mol. The number of carboxylic acid groups (broad SMARTS) is 1. The van der Waals surface area contributed by atoms with Gasteiger partial charge in [-0.3, -0.25) is 9.69 Å². The summed E-state index contributed by atoms with van der Waals surface area (Å²) in [6.45, 7) is 1.62. The Morgan fingerprint density at radius 3 is 2.86 bits per heavy atom. The molecular weight excluding hydrogens is 353 g/mol.